The Morgan fingerprint density at radius 2 is 2.00 bits per heavy atom. The Hall–Kier alpha value is -2.86. The van der Waals surface area contributed by atoms with E-state index in [-0.39, 0.29) is 17.5 Å². The van der Waals surface area contributed by atoms with Crippen LogP contribution in [0.25, 0.3) is 22.6 Å². The van der Waals surface area contributed by atoms with E-state index in [4.69, 9.17) is 16.7 Å². The fourth-order valence-electron chi connectivity index (χ4n) is 3.57. The van der Waals surface area contributed by atoms with Crippen molar-refractivity contribution in [3.63, 3.8) is 0 Å². The number of aromatic carboxylic acids is 1. The van der Waals surface area contributed by atoms with E-state index >= 15 is 0 Å². The SMILES string of the molecule is CC(C)C1Cn2nc(-c3ccccc3)c(Cl)c2-c2cc(=O)c(C(=O)O)cn21. The minimum absolute atomic E-state index is 0.0363. The minimum atomic E-state index is -1.23. The van der Waals surface area contributed by atoms with Crippen LogP contribution in [-0.2, 0) is 6.54 Å². The summed E-state index contributed by atoms with van der Waals surface area (Å²) >= 11 is 6.67. The van der Waals surface area contributed by atoms with E-state index in [1.807, 2.05) is 39.6 Å². The van der Waals surface area contributed by atoms with Crippen molar-refractivity contribution in [2.24, 2.45) is 5.92 Å². The van der Waals surface area contributed by atoms with E-state index in [2.05, 4.69) is 13.8 Å². The summed E-state index contributed by atoms with van der Waals surface area (Å²) in [7, 11) is 0. The van der Waals surface area contributed by atoms with Gasteiger partial charge in [-0.1, -0.05) is 55.8 Å². The number of nitrogens with zero attached hydrogens (tertiary/aromatic N) is 3. The van der Waals surface area contributed by atoms with Crippen LogP contribution in [0, 0.1) is 5.92 Å². The monoisotopic (exact) mass is 383 g/mol. The molecule has 3 heterocycles. The van der Waals surface area contributed by atoms with Crippen LogP contribution in [0.1, 0.15) is 30.2 Å². The lowest BCUT2D eigenvalue weighted by Gasteiger charge is -2.32. The second kappa shape index (κ2) is 6.39. The van der Waals surface area contributed by atoms with Gasteiger partial charge in [-0.25, -0.2) is 4.79 Å². The van der Waals surface area contributed by atoms with Crippen LogP contribution < -0.4 is 5.43 Å². The van der Waals surface area contributed by atoms with Crippen LogP contribution in [0.15, 0.2) is 47.4 Å². The second-order valence-electron chi connectivity index (χ2n) is 7.02. The van der Waals surface area contributed by atoms with Crippen LogP contribution in [-0.4, -0.2) is 25.4 Å². The maximum atomic E-state index is 12.3. The summed E-state index contributed by atoms with van der Waals surface area (Å²) in [6, 6.07) is 10.9. The third kappa shape index (κ3) is 2.77. The van der Waals surface area contributed by atoms with Crippen molar-refractivity contribution >= 4 is 17.6 Å². The number of benzene rings is 1. The maximum Gasteiger partial charge on any atom is 0.341 e. The van der Waals surface area contributed by atoms with Gasteiger partial charge < -0.3 is 9.67 Å². The molecule has 0 saturated carbocycles. The van der Waals surface area contributed by atoms with Gasteiger partial charge in [0.2, 0.25) is 0 Å². The number of pyridine rings is 1. The Kier molecular flexibility index (Phi) is 4.15. The molecule has 3 aromatic rings. The summed E-state index contributed by atoms with van der Waals surface area (Å²) in [5, 5.41) is 14.5. The maximum absolute atomic E-state index is 12.3. The molecule has 7 heteroatoms. The molecule has 0 radical (unpaired) electrons. The molecule has 0 amide bonds. The third-order valence-electron chi connectivity index (χ3n) is 4.98. The zero-order chi connectivity index (χ0) is 19.3. The second-order valence-corrected chi connectivity index (χ2v) is 7.40. The average molecular weight is 384 g/mol. The summed E-state index contributed by atoms with van der Waals surface area (Å²) < 4.78 is 3.68. The summed E-state index contributed by atoms with van der Waals surface area (Å²) in [5.41, 5.74) is 2.00. The van der Waals surface area contributed by atoms with E-state index in [1.54, 1.807) is 0 Å². The van der Waals surface area contributed by atoms with Crippen molar-refractivity contribution in [1.29, 1.82) is 0 Å². The highest BCUT2D eigenvalue weighted by molar-refractivity contribution is 6.35. The van der Waals surface area contributed by atoms with Gasteiger partial charge in [-0.05, 0) is 5.92 Å². The molecule has 1 N–H and O–H groups in total. The molecule has 1 aliphatic rings. The van der Waals surface area contributed by atoms with Crippen LogP contribution in [0.3, 0.4) is 0 Å². The Labute approximate surface area is 160 Å². The molecule has 0 aliphatic carbocycles. The molecule has 0 bridgehead atoms. The molecular formula is C20H18ClN3O3. The Morgan fingerprint density at radius 3 is 2.63 bits per heavy atom. The molecule has 6 nitrogen and oxygen atoms in total. The van der Waals surface area contributed by atoms with Crippen LogP contribution in [0.5, 0.6) is 0 Å². The summed E-state index contributed by atoms with van der Waals surface area (Å²) in [5.74, 6) is -1.02. The lowest BCUT2D eigenvalue weighted by molar-refractivity contribution is 0.0694. The van der Waals surface area contributed by atoms with E-state index in [0.29, 0.717) is 28.6 Å². The average Bonchev–Trinajstić information content (AvgIpc) is 2.97. The van der Waals surface area contributed by atoms with Gasteiger partial charge in [0.1, 0.15) is 17.0 Å². The highest BCUT2D eigenvalue weighted by Gasteiger charge is 2.32. The fraction of sp³-hybridized carbons (Fsp3) is 0.250. The first-order valence-corrected chi connectivity index (χ1v) is 9.08. The van der Waals surface area contributed by atoms with Gasteiger partial charge in [0.25, 0.3) is 0 Å². The molecule has 0 spiro atoms. The zero-order valence-electron chi connectivity index (χ0n) is 14.9. The fourth-order valence-corrected chi connectivity index (χ4v) is 3.91. The van der Waals surface area contributed by atoms with Crippen molar-refractivity contribution in [3.8, 4) is 22.6 Å². The number of carboxylic acids is 1. The predicted molar refractivity (Wildman–Crippen MR) is 103 cm³/mol. The lowest BCUT2D eigenvalue weighted by Crippen LogP contribution is -2.31. The van der Waals surface area contributed by atoms with Crippen LogP contribution in [0.4, 0.5) is 0 Å². The molecule has 1 aromatic carbocycles. The molecule has 138 valence electrons. The number of hydrogen-bond acceptors (Lipinski definition) is 3. The quantitative estimate of drug-likeness (QED) is 0.743. The lowest BCUT2D eigenvalue weighted by atomic mass is 9.99. The highest BCUT2D eigenvalue weighted by atomic mass is 35.5. The van der Waals surface area contributed by atoms with Gasteiger partial charge in [0, 0.05) is 17.8 Å². The van der Waals surface area contributed by atoms with Gasteiger partial charge in [-0.2, -0.15) is 5.10 Å². The smallest absolute Gasteiger partial charge is 0.341 e. The molecule has 1 unspecified atom stereocenters. The summed E-state index contributed by atoms with van der Waals surface area (Å²) in [6.07, 6.45) is 1.43. The van der Waals surface area contributed by atoms with E-state index in [0.717, 1.165) is 5.56 Å². The Balaban J connectivity index is 1.99. The van der Waals surface area contributed by atoms with Crippen molar-refractivity contribution in [1.82, 2.24) is 14.3 Å². The Bertz CT molecular complexity index is 1100. The molecule has 27 heavy (non-hydrogen) atoms. The molecule has 1 aliphatic heterocycles. The van der Waals surface area contributed by atoms with Crippen LogP contribution in [0.2, 0.25) is 5.02 Å². The van der Waals surface area contributed by atoms with Crippen molar-refractivity contribution in [2.45, 2.75) is 26.4 Å². The van der Waals surface area contributed by atoms with E-state index in [1.165, 1.54) is 12.3 Å². The summed E-state index contributed by atoms with van der Waals surface area (Å²) in [6.45, 7) is 4.66. The van der Waals surface area contributed by atoms with E-state index < -0.39 is 11.4 Å². The van der Waals surface area contributed by atoms with Crippen molar-refractivity contribution in [3.05, 3.63) is 63.4 Å². The van der Waals surface area contributed by atoms with Gasteiger partial charge in [-0.15, -0.1) is 0 Å². The molecule has 1 atom stereocenters. The van der Waals surface area contributed by atoms with Gasteiger partial charge in [0.05, 0.1) is 23.3 Å². The minimum Gasteiger partial charge on any atom is -0.477 e. The number of carbonyl (C=O) groups is 1. The topological polar surface area (TPSA) is 77.1 Å². The largest absolute Gasteiger partial charge is 0.477 e. The highest BCUT2D eigenvalue weighted by Crippen LogP contribution is 2.41. The summed E-state index contributed by atoms with van der Waals surface area (Å²) in [4.78, 5) is 23.8. The van der Waals surface area contributed by atoms with Gasteiger partial charge in [0.15, 0.2) is 5.43 Å². The zero-order valence-corrected chi connectivity index (χ0v) is 15.6. The number of carboxylic acid groups (broad SMARTS) is 1. The molecule has 0 saturated heterocycles. The normalized spacial score (nSPS) is 15.5. The van der Waals surface area contributed by atoms with Crippen LogP contribution >= 0.6 is 11.6 Å². The number of rotatable bonds is 3. The number of hydrogen-bond donors (Lipinski definition) is 1. The Morgan fingerprint density at radius 1 is 1.30 bits per heavy atom. The van der Waals surface area contributed by atoms with Crippen molar-refractivity contribution < 1.29 is 9.90 Å². The predicted octanol–water partition coefficient (Wildman–Crippen LogP) is 3.94. The number of fused-ring (bicyclic) bond motifs is 3. The molecule has 4 rings (SSSR count). The van der Waals surface area contributed by atoms with Crippen molar-refractivity contribution in [2.75, 3.05) is 0 Å². The first-order chi connectivity index (χ1) is 12.9. The van der Waals surface area contributed by atoms with E-state index in [9.17, 15) is 14.7 Å². The molecular weight excluding hydrogens is 366 g/mol. The standard InChI is InChI=1S/C20H18ClN3O3/c1-11(2)15-10-24-19(14-8-16(25)13(20(26)27)9-23(14)15)17(21)18(22-24)12-6-4-3-5-7-12/h3-9,11,15H,10H2,1-2H3,(H,26,27). The van der Waals surface area contributed by atoms with Gasteiger partial charge >= 0.3 is 5.97 Å². The van der Waals surface area contributed by atoms with Gasteiger partial charge in [-0.3, -0.25) is 9.48 Å². The first kappa shape index (κ1) is 17.5. The number of aromatic nitrogens is 3. The third-order valence-corrected chi connectivity index (χ3v) is 5.34. The first-order valence-electron chi connectivity index (χ1n) is 8.70. The number of halogens is 1. The molecule has 2 aromatic heterocycles. The molecule has 0 fully saturated rings.